The number of aryl methyl sites for hydroxylation is 2. The third kappa shape index (κ3) is 27.5. The molecule has 0 unspecified atom stereocenters. The molecule has 2 aliphatic heterocycles. The van der Waals surface area contributed by atoms with Crippen molar-refractivity contribution >= 4 is 148 Å². The first-order valence-corrected chi connectivity index (χ1v) is 39.3. The number of aliphatic hydroxyl groups is 1. The zero-order valence-electron chi connectivity index (χ0n) is 59.9. The number of aliphatic hydroxyl groups excluding tert-OH is 1. The van der Waals surface area contributed by atoms with E-state index in [-0.39, 0.29) is 100 Å². The minimum atomic E-state index is -4.43. The second kappa shape index (κ2) is 42.3. The molecule has 0 saturated carbocycles. The molecule has 8 aromatic rings. The Morgan fingerprint density at radius 3 is 1.28 bits per heavy atom. The summed E-state index contributed by atoms with van der Waals surface area (Å²) in [6.45, 7) is 0.862. The first-order valence-electron chi connectivity index (χ1n) is 33.5. The van der Waals surface area contributed by atoms with Crippen molar-refractivity contribution < 1.29 is 142 Å². The summed E-state index contributed by atoms with van der Waals surface area (Å²) < 4.78 is 257. The van der Waals surface area contributed by atoms with Crippen molar-refractivity contribution in [2.45, 2.75) is 125 Å². The Morgan fingerprint density at radius 2 is 0.836 bits per heavy atom. The van der Waals surface area contributed by atoms with Crippen molar-refractivity contribution in [3.8, 4) is 23.0 Å². The highest BCUT2D eigenvalue weighted by molar-refractivity contribution is 14.1. The van der Waals surface area contributed by atoms with Crippen LogP contribution in [0.25, 0.3) is 0 Å². The number of rotatable bonds is 12. The van der Waals surface area contributed by atoms with Crippen LogP contribution in [0.4, 0.5) is 84.7 Å². The molecule has 0 spiro atoms. The molecule has 0 bridgehead atoms. The number of aliphatic carboxylic acids is 1. The molecule has 0 radical (unpaired) electrons. The molecule has 2 aliphatic carbocycles. The van der Waals surface area contributed by atoms with Gasteiger partial charge in [0.2, 0.25) is 0 Å². The van der Waals surface area contributed by atoms with E-state index in [0.717, 1.165) is 53.1 Å². The summed E-state index contributed by atoms with van der Waals surface area (Å²) in [5, 5.41) is 27.2. The molecule has 0 saturated heterocycles. The molecular formula is C77H64Br6F18INO13. The van der Waals surface area contributed by atoms with Gasteiger partial charge in [-0.25, -0.2) is 0 Å². The molecule has 2 heterocycles. The second-order valence-electron chi connectivity index (χ2n) is 25.0. The number of nitrogen functional groups attached to an aromatic ring is 1. The maximum Gasteiger partial charge on any atom is 0.417 e. The number of hydrogen-bond acceptors (Lipinski definition) is 13. The summed E-state index contributed by atoms with van der Waals surface area (Å²) in [6, 6.07) is 30.6. The number of esters is 3. The number of benzene rings is 8. The number of carboxylic acids is 1. The quantitative estimate of drug-likeness (QED) is 0.0295. The Bertz CT molecular complexity index is 4710. The lowest BCUT2D eigenvalue weighted by atomic mass is 9.98. The van der Waals surface area contributed by atoms with Crippen LogP contribution < -0.4 is 19.9 Å². The maximum atomic E-state index is 13.1. The van der Waals surface area contributed by atoms with E-state index >= 15 is 0 Å². The van der Waals surface area contributed by atoms with Gasteiger partial charge in [0.1, 0.15) is 29.1 Å². The standard InChI is InChI=1S/C21H18BrF3O4.C11H10BrF3O2.C11H12O4.C10H8BrF3O2.C10H8BrF3O.C7H3BrF3I.C7H5BrF3N/c1-27-19(26)8-11-10-28-18-9-12(2-3-13(11)18)29-17-7-5-15-14(17)4-6-16(20(15)22)21(23,24)25;1-17-9(16)6-5-7-3-2-4-8(10(7)12)11(13,14)15;1-14-11(13)4-7-6-15-10-5-8(12)2-3-9(7)10;11-9-6(4-5-8(15)16)2-1-3-7(9)10(12,13)14;11-9-6-2-4-8(15)5(6)1-3-7(9)10(12,13)14;2*8-6-4(7(9,10)11)2-1-3-5(6)12/h2-4,6,9,11,17H,5,7-8,10H2,1H3;2-4H,5-6H2,1H3;2-3,5,7,12H,4,6H2,1H3;1-3H,4-5H2,(H,15,16);1,3,8,15H,2,4H2;1-3H;1-3H,12H2/t11-,17-;;7-;;8-;;/m1.1.0../s1. The average Bonchev–Trinajstić information content (AvgIpc) is 1.58. The van der Waals surface area contributed by atoms with Crippen molar-refractivity contribution in [2.75, 3.05) is 40.3 Å². The van der Waals surface area contributed by atoms with Crippen LogP contribution in [0.3, 0.4) is 0 Å². The number of phenols is 1. The van der Waals surface area contributed by atoms with Crippen LogP contribution in [0.1, 0.15) is 140 Å². The number of halogens is 25. The fraction of sp³-hybridized carbons (Fsp3) is 0.325. The van der Waals surface area contributed by atoms with Gasteiger partial charge in [-0.05, 0) is 251 Å². The average molecular weight is 2160 g/mol. The maximum absolute atomic E-state index is 13.1. The summed E-state index contributed by atoms with van der Waals surface area (Å²) >= 11 is 19.4. The molecule has 8 aromatic carbocycles. The molecule has 0 amide bonds. The third-order valence-electron chi connectivity index (χ3n) is 17.3. The monoisotopic (exact) mass is 2150 g/mol. The van der Waals surface area contributed by atoms with Crippen LogP contribution in [-0.2, 0) is 96.1 Å². The summed E-state index contributed by atoms with van der Waals surface area (Å²) in [4.78, 5) is 43.9. The number of fused-ring (bicyclic) bond motifs is 4. The Balaban J connectivity index is 0.000000216. The number of nitrogens with two attached hydrogens (primary N) is 1. The van der Waals surface area contributed by atoms with E-state index in [0.29, 0.717) is 94.0 Å². The smallest absolute Gasteiger partial charge is 0.417 e. The highest BCUT2D eigenvalue weighted by Gasteiger charge is 2.41. The number of carbonyl (C=O) groups is 4. The van der Waals surface area contributed by atoms with Crippen LogP contribution >= 0.6 is 118 Å². The second-order valence-corrected chi connectivity index (χ2v) is 30.9. The van der Waals surface area contributed by atoms with Gasteiger partial charge in [0.15, 0.2) is 0 Å². The van der Waals surface area contributed by atoms with Crippen molar-refractivity contribution in [3.63, 3.8) is 0 Å². The minimum Gasteiger partial charge on any atom is -0.508 e. The lowest BCUT2D eigenvalue weighted by Crippen LogP contribution is -2.09. The molecule has 4 atom stereocenters. The lowest BCUT2D eigenvalue weighted by molar-refractivity contribution is -0.142. The van der Waals surface area contributed by atoms with Crippen LogP contribution in [0, 0.1) is 3.57 Å². The van der Waals surface area contributed by atoms with Gasteiger partial charge < -0.3 is 49.5 Å². The van der Waals surface area contributed by atoms with Crippen LogP contribution in [0.15, 0.2) is 160 Å². The molecule has 39 heteroatoms. The van der Waals surface area contributed by atoms with Gasteiger partial charge in [-0.2, -0.15) is 79.0 Å². The molecule has 5 N–H and O–H groups in total. The van der Waals surface area contributed by atoms with Crippen molar-refractivity contribution in [1.82, 2.24) is 0 Å². The third-order valence-corrected chi connectivity index (χ3v) is 24.4. The number of hydrogen-bond donors (Lipinski definition) is 4. The summed E-state index contributed by atoms with van der Waals surface area (Å²) in [5.74, 6) is 0.0146. The largest absolute Gasteiger partial charge is 0.508 e. The van der Waals surface area contributed by atoms with Crippen molar-refractivity contribution in [1.29, 1.82) is 0 Å². The number of phenolic OH excluding ortho intramolecular Hbond substituents is 1. The van der Waals surface area contributed by atoms with Crippen molar-refractivity contribution in [2.24, 2.45) is 0 Å². The van der Waals surface area contributed by atoms with Gasteiger partial charge in [0, 0.05) is 79.6 Å². The van der Waals surface area contributed by atoms with E-state index in [1.54, 1.807) is 42.5 Å². The molecule has 0 fully saturated rings. The first kappa shape index (κ1) is 97.8. The van der Waals surface area contributed by atoms with Gasteiger partial charge in [0.25, 0.3) is 0 Å². The summed E-state index contributed by atoms with van der Waals surface area (Å²) in [5.41, 5.74) is 6.37. The number of carbonyl (C=O) groups excluding carboxylic acids is 3. The first-order chi connectivity index (χ1) is 53.9. The van der Waals surface area contributed by atoms with Crippen molar-refractivity contribution in [3.05, 3.63) is 242 Å². The zero-order chi connectivity index (χ0) is 86.9. The predicted molar refractivity (Wildman–Crippen MR) is 418 cm³/mol. The number of methoxy groups -OCH3 is 3. The molecule has 116 heavy (non-hydrogen) atoms. The van der Waals surface area contributed by atoms with E-state index in [4.69, 9.17) is 29.8 Å². The Morgan fingerprint density at radius 1 is 0.457 bits per heavy atom. The number of alkyl halides is 18. The van der Waals surface area contributed by atoms with Crippen LogP contribution in [0.2, 0.25) is 0 Å². The Labute approximate surface area is 714 Å². The van der Waals surface area contributed by atoms with Gasteiger partial charge in [-0.15, -0.1) is 0 Å². The van der Waals surface area contributed by atoms with E-state index in [1.807, 2.05) is 28.7 Å². The van der Waals surface area contributed by atoms with E-state index in [2.05, 4.69) is 105 Å². The lowest BCUT2D eigenvalue weighted by Gasteiger charge is -2.17. The summed E-state index contributed by atoms with van der Waals surface area (Å²) in [6.07, 6.45) is -24.4. The number of carboxylic acid groups (broad SMARTS) is 1. The molecular weight excluding hydrogens is 2100 g/mol. The van der Waals surface area contributed by atoms with Gasteiger partial charge >= 0.3 is 60.9 Å². The highest BCUT2D eigenvalue weighted by atomic mass is 127. The van der Waals surface area contributed by atoms with Gasteiger partial charge in [0.05, 0.1) is 91.3 Å². The van der Waals surface area contributed by atoms with E-state index in [9.17, 15) is 108 Å². The molecule has 0 aromatic heterocycles. The fourth-order valence-corrected chi connectivity index (χ4v) is 16.0. The zero-order valence-corrected chi connectivity index (χ0v) is 71.6. The molecule has 4 aliphatic rings. The predicted octanol–water partition coefficient (Wildman–Crippen LogP) is 24.6. The van der Waals surface area contributed by atoms with Gasteiger partial charge in [-0.3, -0.25) is 19.2 Å². The topological polar surface area (TPSA) is 210 Å². The summed E-state index contributed by atoms with van der Waals surface area (Å²) in [7, 11) is 3.96. The number of aromatic hydroxyl groups is 1. The van der Waals surface area contributed by atoms with Gasteiger partial charge in [-0.1, -0.05) is 60.7 Å². The molecule has 12 rings (SSSR count). The molecule has 14 nitrogen and oxygen atoms in total. The Kier molecular flexibility index (Phi) is 35.6. The minimum absolute atomic E-state index is 0.0172. The van der Waals surface area contributed by atoms with Crippen LogP contribution in [0.5, 0.6) is 23.0 Å². The van der Waals surface area contributed by atoms with E-state index in [1.165, 1.54) is 69.9 Å². The molecule has 630 valence electrons. The highest BCUT2D eigenvalue weighted by Crippen LogP contribution is 2.49. The number of anilines is 1. The SMILES string of the molecule is COC(=O)CCc1cccc(C(F)(F)F)c1Br.COC(=O)C[C@@H]1COc2cc(O)ccc21.COC(=O)C[C@@H]1COc2cc(O[C@@H]3CCc4c3ccc(C(F)(F)F)c4Br)ccc21.FC(F)(F)c1cccc(I)c1Br.Nc1cccc(C(F)(F)F)c1Br.O=C(O)CCc1cccc(C(F)(F)F)c1Br.O[C@H]1CCc2c1ccc(C(F)(F)F)c2Br. The fourth-order valence-electron chi connectivity index (χ4n) is 11.5. The normalized spacial score (nSPS) is 15.7. The number of ether oxygens (including phenoxy) is 6. The Hall–Kier alpha value is -7.05. The van der Waals surface area contributed by atoms with Crippen LogP contribution in [-0.4, -0.2) is 73.7 Å². The van der Waals surface area contributed by atoms with E-state index < -0.39 is 88.5 Å².